The van der Waals surface area contributed by atoms with Crippen molar-refractivity contribution in [1.29, 1.82) is 0 Å². The maximum atomic E-state index is 12.0. The van der Waals surface area contributed by atoms with E-state index in [1.807, 2.05) is 31.2 Å². The van der Waals surface area contributed by atoms with Crippen LogP contribution in [0.15, 0.2) is 42.5 Å². The molecular weight excluding hydrogens is 297 g/mol. The molecule has 0 aliphatic heterocycles. The number of rotatable bonds is 6. The van der Waals surface area contributed by atoms with Crippen LogP contribution in [0.2, 0.25) is 0 Å². The number of hydrogen-bond donors (Lipinski definition) is 1. The van der Waals surface area contributed by atoms with E-state index in [4.69, 9.17) is 4.74 Å². The van der Waals surface area contributed by atoms with Gasteiger partial charge in [0.1, 0.15) is 12.4 Å². The fraction of sp³-hybridized carbons (Fsp3) is 0.278. The molecule has 23 heavy (non-hydrogen) atoms. The Kier molecular flexibility index (Phi) is 5.97. The van der Waals surface area contributed by atoms with Gasteiger partial charge in [0.2, 0.25) is 6.86 Å². The van der Waals surface area contributed by atoms with Crippen LogP contribution in [0.4, 0.5) is 14.9 Å². The number of para-hydroxylation sites is 1. The van der Waals surface area contributed by atoms with Crippen LogP contribution in [-0.2, 0) is 17.8 Å². The Hall–Kier alpha value is -2.56. The van der Waals surface area contributed by atoms with Crippen LogP contribution in [0.1, 0.15) is 23.6 Å². The molecule has 0 heterocycles. The van der Waals surface area contributed by atoms with Crippen LogP contribution >= 0.6 is 0 Å². The molecule has 2 aromatic carbocycles. The molecule has 122 valence electrons. The molecule has 0 aromatic heterocycles. The zero-order chi connectivity index (χ0) is 16.7. The maximum Gasteiger partial charge on any atom is 0.413 e. The number of amides is 1. The number of anilines is 1. The van der Waals surface area contributed by atoms with Crippen molar-refractivity contribution in [3.8, 4) is 5.75 Å². The summed E-state index contributed by atoms with van der Waals surface area (Å²) in [4.78, 5) is 11.3. The molecule has 0 atom stereocenters. The summed E-state index contributed by atoms with van der Waals surface area (Å²) in [5, 5.41) is 2.50. The minimum Gasteiger partial charge on any atom is -0.489 e. The largest absolute Gasteiger partial charge is 0.489 e. The van der Waals surface area contributed by atoms with Gasteiger partial charge in [0.25, 0.3) is 0 Å². The highest BCUT2D eigenvalue weighted by molar-refractivity contribution is 5.85. The maximum absolute atomic E-state index is 12.0. The van der Waals surface area contributed by atoms with Gasteiger partial charge in [-0.3, -0.25) is 5.32 Å². The highest BCUT2D eigenvalue weighted by Gasteiger charge is 2.08. The quantitative estimate of drug-likeness (QED) is 0.846. The number of carbonyl (C=O) groups is 1. The monoisotopic (exact) mass is 317 g/mol. The summed E-state index contributed by atoms with van der Waals surface area (Å²) in [7, 11) is 0. The predicted octanol–water partition coefficient (Wildman–Crippen LogP) is 4.61. The normalized spacial score (nSPS) is 10.2. The van der Waals surface area contributed by atoms with Gasteiger partial charge in [0, 0.05) is 5.56 Å². The van der Waals surface area contributed by atoms with Crippen molar-refractivity contribution in [2.75, 3.05) is 12.2 Å². The van der Waals surface area contributed by atoms with Crippen molar-refractivity contribution in [3.63, 3.8) is 0 Å². The van der Waals surface area contributed by atoms with Gasteiger partial charge in [-0.15, -0.1) is 0 Å². The van der Waals surface area contributed by atoms with E-state index in [9.17, 15) is 9.18 Å². The molecule has 0 saturated carbocycles. The first-order valence-electron chi connectivity index (χ1n) is 7.44. The molecule has 0 fully saturated rings. The van der Waals surface area contributed by atoms with Crippen molar-refractivity contribution < 1.29 is 18.7 Å². The average Bonchev–Trinajstić information content (AvgIpc) is 2.55. The molecule has 1 amide bonds. The van der Waals surface area contributed by atoms with Crippen LogP contribution in [0.25, 0.3) is 0 Å². The van der Waals surface area contributed by atoms with E-state index >= 15 is 0 Å². The minimum absolute atomic E-state index is 0.290. The number of hydrogen-bond acceptors (Lipinski definition) is 3. The second-order valence-corrected chi connectivity index (χ2v) is 5.07. The summed E-state index contributed by atoms with van der Waals surface area (Å²) in [5.74, 6) is 0.795. The number of nitrogens with one attached hydrogen (secondary N) is 1. The van der Waals surface area contributed by atoms with Gasteiger partial charge in [-0.2, -0.15) is 0 Å². The molecule has 0 spiro atoms. The third kappa shape index (κ3) is 4.71. The standard InChI is InChI=1S/C18H20FNO3/c1-3-14-8-9-17(13(2)10-14)22-11-15-6-4-5-7-16(15)20-18(21)23-12-19/h4-10H,3,11-12H2,1-2H3,(H,20,21). The second-order valence-electron chi connectivity index (χ2n) is 5.07. The SMILES string of the molecule is CCc1ccc(OCc2ccccc2NC(=O)OCF)c(C)c1. The molecule has 1 N–H and O–H groups in total. The van der Waals surface area contributed by atoms with Crippen LogP contribution in [0.5, 0.6) is 5.75 Å². The Balaban J connectivity index is 2.07. The van der Waals surface area contributed by atoms with Gasteiger partial charge in [0.05, 0.1) is 5.69 Å². The lowest BCUT2D eigenvalue weighted by atomic mass is 10.1. The van der Waals surface area contributed by atoms with Crippen molar-refractivity contribution in [1.82, 2.24) is 0 Å². The minimum atomic E-state index is -1.16. The summed E-state index contributed by atoms with van der Waals surface area (Å²) in [6, 6.07) is 13.2. The number of aryl methyl sites for hydroxylation is 2. The summed E-state index contributed by atoms with van der Waals surface area (Å²) in [6.45, 7) is 3.23. The van der Waals surface area contributed by atoms with Crippen molar-refractivity contribution in [2.45, 2.75) is 26.9 Å². The van der Waals surface area contributed by atoms with Gasteiger partial charge in [0.15, 0.2) is 0 Å². The highest BCUT2D eigenvalue weighted by Crippen LogP contribution is 2.23. The fourth-order valence-corrected chi connectivity index (χ4v) is 2.21. The molecule has 2 rings (SSSR count). The van der Waals surface area contributed by atoms with Crippen LogP contribution in [0, 0.1) is 6.92 Å². The molecular formula is C18H20FNO3. The Morgan fingerprint density at radius 1 is 1.22 bits per heavy atom. The summed E-state index contributed by atoms with van der Waals surface area (Å²) in [6.07, 6.45) is 0.147. The lowest BCUT2D eigenvalue weighted by molar-refractivity contribution is 0.111. The third-order valence-electron chi connectivity index (χ3n) is 3.47. The number of carbonyl (C=O) groups excluding carboxylic acids is 1. The van der Waals surface area contributed by atoms with Gasteiger partial charge < -0.3 is 9.47 Å². The van der Waals surface area contributed by atoms with Crippen molar-refractivity contribution in [2.24, 2.45) is 0 Å². The van der Waals surface area contributed by atoms with Gasteiger partial charge in [-0.05, 0) is 36.6 Å². The smallest absolute Gasteiger partial charge is 0.413 e. The molecule has 4 nitrogen and oxygen atoms in total. The molecule has 0 unspecified atom stereocenters. The first-order chi connectivity index (χ1) is 11.1. The summed E-state index contributed by atoms with van der Waals surface area (Å²) < 4.78 is 22.1. The second kappa shape index (κ2) is 8.17. The third-order valence-corrected chi connectivity index (χ3v) is 3.47. The van der Waals surface area contributed by atoms with E-state index in [2.05, 4.69) is 23.0 Å². The Bertz CT molecular complexity index is 673. The van der Waals surface area contributed by atoms with Crippen LogP contribution in [-0.4, -0.2) is 13.0 Å². The fourth-order valence-electron chi connectivity index (χ4n) is 2.21. The topological polar surface area (TPSA) is 47.6 Å². The van der Waals surface area contributed by atoms with E-state index in [0.717, 1.165) is 23.3 Å². The first-order valence-corrected chi connectivity index (χ1v) is 7.44. The molecule has 0 radical (unpaired) electrons. The number of ether oxygens (including phenoxy) is 2. The van der Waals surface area contributed by atoms with Crippen LogP contribution in [0.3, 0.4) is 0 Å². The molecule has 0 saturated heterocycles. The van der Waals surface area contributed by atoms with Crippen LogP contribution < -0.4 is 10.1 Å². The van der Waals surface area contributed by atoms with E-state index < -0.39 is 13.0 Å². The molecule has 5 heteroatoms. The van der Waals surface area contributed by atoms with E-state index in [1.165, 1.54) is 5.56 Å². The average molecular weight is 317 g/mol. The lowest BCUT2D eigenvalue weighted by Crippen LogP contribution is -2.14. The van der Waals surface area contributed by atoms with E-state index in [1.54, 1.807) is 12.1 Å². The molecule has 0 bridgehead atoms. The molecule has 0 aliphatic carbocycles. The highest BCUT2D eigenvalue weighted by atomic mass is 19.1. The number of alkyl halides is 1. The molecule has 2 aromatic rings. The number of benzene rings is 2. The Morgan fingerprint density at radius 3 is 2.70 bits per heavy atom. The van der Waals surface area contributed by atoms with E-state index in [-0.39, 0.29) is 0 Å². The molecule has 0 aliphatic rings. The van der Waals surface area contributed by atoms with Crippen molar-refractivity contribution in [3.05, 3.63) is 59.2 Å². The summed E-state index contributed by atoms with van der Waals surface area (Å²) in [5.41, 5.74) is 3.63. The zero-order valence-corrected chi connectivity index (χ0v) is 13.3. The first kappa shape index (κ1) is 16.8. The predicted molar refractivity (Wildman–Crippen MR) is 87.4 cm³/mol. The lowest BCUT2D eigenvalue weighted by Gasteiger charge is -2.13. The van der Waals surface area contributed by atoms with E-state index in [0.29, 0.717) is 12.3 Å². The van der Waals surface area contributed by atoms with Gasteiger partial charge in [-0.1, -0.05) is 37.3 Å². The van der Waals surface area contributed by atoms with Gasteiger partial charge in [-0.25, -0.2) is 9.18 Å². The Labute approximate surface area is 135 Å². The van der Waals surface area contributed by atoms with Gasteiger partial charge >= 0.3 is 6.09 Å². The number of halogens is 1. The Morgan fingerprint density at radius 2 is 2.00 bits per heavy atom. The van der Waals surface area contributed by atoms with Crippen molar-refractivity contribution >= 4 is 11.8 Å². The summed E-state index contributed by atoms with van der Waals surface area (Å²) >= 11 is 0. The zero-order valence-electron chi connectivity index (χ0n) is 13.3.